The average molecular weight is 266 g/mol. The average Bonchev–Trinajstić information content (AvgIpc) is 2.60. The van der Waals surface area contributed by atoms with Gasteiger partial charge in [0.05, 0.1) is 17.7 Å². The predicted octanol–water partition coefficient (Wildman–Crippen LogP) is 2.31. The molecule has 1 aromatic carbocycles. The van der Waals surface area contributed by atoms with Gasteiger partial charge in [0.25, 0.3) is 0 Å². The maximum Gasteiger partial charge on any atom is 0.0953 e. The Morgan fingerprint density at radius 2 is 2.13 bits per heavy atom. The fourth-order valence-electron chi connectivity index (χ4n) is 1.57. The molecule has 4 heteroatoms. The Morgan fingerprint density at radius 3 is 2.80 bits per heavy atom. The smallest absolute Gasteiger partial charge is 0.0953 e. The van der Waals surface area contributed by atoms with Gasteiger partial charge in [0, 0.05) is 23.6 Å². The third kappa shape index (κ3) is 1.82. The lowest BCUT2D eigenvalue weighted by Crippen LogP contribution is -2.04. The van der Waals surface area contributed by atoms with Gasteiger partial charge in [0.1, 0.15) is 0 Å². The monoisotopic (exact) mass is 265 g/mol. The number of aryl methyl sites for hydroxylation is 1. The molecule has 15 heavy (non-hydrogen) atoms. The molecule has 2 rings (SSSR count). The summed E-state index contributed by atoms with van der Waals surface area (Å²) in [6, 6.07) is 8.02. The van der Waals surface area contributed by atoms with Crippen LogP contribution < -0.4 is 5.73 Å². The number of rotatable bonds is 2. The zero-order chi connectivity index (χ0) is 10.8. The third-order valence-electron chi connectivity index (χ3n) is 2.38. The molecule has 2 N–H and O–H groups in total. The van der Waals surface area contributed by atoms with E-state index >= 15 is 0 Å². The molecule has 0 atom stereocenters. The van der Waals surface area contributed by atoms with Gasteiger partial charge < -0.3 is 10.3 Å². The molecule has 0 aliphatic heterocycles. The number of hydrogen-bond acceptors (Lipinski definition) is 2. The van der Waals surface area contributed by atoms with Crippen molar-refractivity contribution in [1.29, 1.82) is 0 Å². The van der Waals surface area contributed by atoms with E-state index in [1.54, 1.807) is 6.33 Å². The van der Waals surface area contributed by atoms with Crippen LogP contribution in [0.1, 0.15) is 5.69 Å². The molecule has 0 fully saturated rings. The van der Waals surface area contributed by atoms with Crippen molar-refractivity contribution in [2.24, 2.45) is 12.8 Å². The number of nitrogens with two attached hydrogens (primary N) is 1. The lowest BCUT2D eigenvalue weighted by Gasteiger charge is -2.04. The number of hydrogen-bond donors (Lipinski definition) is 1. The van der Waals surface area contributed by atoms with Crippen LogP contribution in [0.25, 0.3) is 11.3 Å². The van der Waals surface area contributed by atoms with Gasteiger partial charge in [-0.1, -0.05) is 34.1 Å². The first-order chi connectivity index (χ1) is 7.24. The van der Waals surface area contributed by atoms with Crippen molar-refractivity contribution in [1.82, 2.24) is 9.55 Å². The molecule has 3 nitrogen and oxygen atoms in total. The number of imidazole rings is 1. The first-order valence-electron chi connectivity index (χ1n) is 4.69. The van der Waals surface area contributed by atoms with Crippen LogP contribution in [0.4, 0.5) is 0 Å². The van der Waals surface area contributed by atoms with Crippen molar-refractivity contribution in [3.8, 4) is 11.3 Å². The molecule has 0 saturated carbocycles. The minimum Gasteiger partial charge on any atom is -0.336 e. The van der Waals surface area contributed by atoms with Gasteiger partial charge >= 0.3 is 0 Å². The molecule has 0 spiro atoms. The molecule has 0 aliphatic rings. The second-order valence-corrected chi connectivity index (χ2v) is 4.19. The number of benzene rings is 1. The second-order valence-electron chi connectivity index (χ2n) is 3.33. The SMILES string of the molecule is Cn1cnc(-c2ccccc2Br)c1CN. The Hall–Kier alpha value is -1.13. The minimum atomic E-state index is 0.493. The Kier molecular flexibility index (Phi) is 2.88. The highest BCUT2D eigenvalue weighted by Gasteiger charge is 2.11. The largest absolute Gasteiger partial charge is 0.336 e. The van der Waals surface area contributed by atoms with Crippen LogP contribution in [0.15, 0.2) is 35.1 Å². The zero-order valence-electron chi connectivity index (χ0n) is 8.44. The molecule has 1 heterocycles. The van der Waals surface area contributed by atoms with Gasteiger partial charge in [0.15, 0.2) is 0 Å². The number of halogens is 1. The van der Waals surface area contributed by atoms with Gasteiger partial charge in [-0.05, 0) is 6.07 Å². The van der Waals surface area contributed by atoms with E-state index in [0.717, 1.165) is 21.4 Å². The van der Waals surface area contributed by atoms with Crippen LogP contribution in [0, 0.1) is 0 Å². The Labute approximate surface area is 97.1 Å². The van der Waals surface area contributed by atoms with Crippen molar-refractivity contribution in [3.05, 3.63) is 40.8 Å². The zero-order valence-corrected chi connectivity index (χ0v) is 10.0. The quantitative estimate of drug-likeness (QED) is 0.906. The van der Waals surface area contributed by atoms with E-state index in [-0.39, 0.29) is 0 Å². The summed E-state index contributed by atoms with van der Waals surface area (Å²) in [5.74, 6) is 0. The van der Waals surface area contributed by atoms with E-state index in [9.17, 15) is 0 Å². The van der Waals surface area contributed by atoms with Crippen molar-refractivity contribution in [2.75, 3.05) is 0 Å². The van der Waals surface area contributed by atoms with E-state index in [2.05, 4.69) is 20.9 Å². The summed E-state index contributed by atoms with van der Waals surface area (Å²) in [6.07, 6.45) is 1.79. The van der Waals surface area contributed by atoms with Crippen molar-refractivity contribution < 1.29 is 0 Å². The van der Waals surface area contributed by atoms with Crippen molar-refractivity contribution in [3.63, 3.8) is 0 Å². The summed E-state index contributed by atoms with van der Waals surface area (Å²) >= 11 is 3.52. The summed E-state index contributed by atoms with van der Waals surface area (Å²) in [5, 5.41) is 0. The molecule has 1 aromatic heterocycles. The fourth-order valence-corrected chi connectivity index (χ4v) is 2.05. The van der Waals surface area contributed by atoms with Crippen LogP contribution in [-0.4, -0.2) is 9.55 Å². The summed E-state index contributed by atoms with van der Waals surface area (Å²) in [6.45, 7) is 0.493. The van der Waals surface area contributed by atoms with Crippen molar-refractivity contribution >= 4 is 15.9 Å². The topological polar surface area (TPSA) is 43.8 Å². The van der Waals surface area contributed by atoms with Crippen LogP contribution in [0.3, 0.4) is 0 Å². The van der Waals surface area contributed by atoms with Crippen LogP contribution in [0.5, 0.6) is 0 Å². The molecule has 0 radical (unpaired) electrons. The highest BCUT2D eigenvalue weighted by molar-refractivity contribution is 9.10. The maximum absolute atomic E-state index is 5.71. The number of nitrogens with zero attached hydrogens (tertiary/aromatic N) is 2. The van der Waals surface area contributed by atoms with Gasteiger partial charge in [-0.2, -0.15) is 0 Å². The molecular formula is C11H12BrN3. The summed E-state index contributed by atoms with van der Waals surface area (Å²) in [5.41, 5.74) is 8.78. The molecular weight excluding hydrogens is 254 g/mol. The highest BCUT2D eigenvalue weighted by atomic mass is 79.9. The lowest BCUT2D eigenvalue weighted by atomic mass is 10.1. The molecule has 0 aliphatic carbocycles. The van der Waals surface area contributed by atoms with Gasteiger partial charge in [-0.25, -0.2) is 4.98 Å². The van der Waals surface area contributed by atoms with E-state index in [1.165, 1.54) is 0 Å². The van der Waals surface area contributed by atoms with E-state index < -0.39 is 0 Å². The highest BCUT2D eigenvalue weighted by Crippen LogP contribution is 2.28. The Morgan fingerprint density at radius 1 is 1.40 bits per heavy atom. The summed E-state index contributed by atoms with van der Waals surface area (Å²) in [7, 11) is 1.95. The first kappa shape index (κ1) is 10.4. The van der Waals surface area contributed by atoms with E-state index in [1.807, 2.05) is 35.9 Å². The molecule has 0 amide bonds. The van der Waals surface area contributed by atoms with E-state index in [4.69, 9.17) is 5.73 Å². The molecule has 0 saturated heterocycles. The molecule has 0 bridgehead atoms. The maximum atomic E-state index is 5.71. The van der Waals surface area contributed by atoms with E-state index in [0.29, 0.717) is 6.54 Å². The first-order valence-corrected chi connectivity index (χ1v) is 5.48. The Balaban J connectivity index is 2.59. The van der Waals surface area contributed by atoms with Crippen LogP contribution in [-0.2, 0) is 13.6 Å². The third-order valence-corrected chi connectivity index (χ3v) is 3.07. The lowest BCUT2D eigenvalue weighted by molar-refractivity contribution is 0.821. The van der Waals surface area contributed by atoms with Crippen molar-refractivity contribution in [2.45, 2.75) is 6.54 Å². The fraction of sp³-hybridized carbons (Fsp3) is 0.182. The summed E-state index contributed by atoms with van der Waals surface area (Å²) in [4.78, 5) is 4.37. The minimum absolute atomic E-state index is 0.493. The second kappa shape index (κ2) is 4.16. The van der Waals surface area contributed by atoms with Gasteiger partial charge in [-0.15, -0.1) is 0 Å². The van der Waals surface area contributed by atoms with Crippen LogP contribution in [0.2, 0.25) is 0 Å². The standard InChI is InChI=1S/C11H12BrN3/c1-15-7-14-11(10(15)6-13)8-4-2-3-5-9(8)12/h2-5,7H,6,13H2,1H3. The van der Waals surface area contributed by atoms with Gasteiger partial charge in [0.2, 0.25) is 0 Å². The summed E-state index contributed by atoms with van der Waals surface area (Å²) < 4.78 is 2.99. The molecule has 78 valence electrons. The van der Waals surface area contributed by atoms with Crippen LogP contribution >= 0.6 is 15.9 Å². The Bertz CT molecular complexity index is 476. The molecule has 0 unspecified atom stereocenters. The predicted molar refractivity (Wildman–Crippen MR) is 64.2 cm³/mol. The normalized spacial score (nSPS) is 10.6. The number of aromatic nitrogens is 2. The molecule has 2 aromatic rings. The van der Waals surface area contributed by atoms with Gasteiger partial charge in [-0.3, -0.25) is 0 Å².